The number of carbonyl (C=O) groups excluding carboxylic acids is 2. The third-order valence-corrected chi connectivity index (χ3v) is 4.77. The Hall–Kier alpha value is -2.60. The van der Waals surface area contributed by atoms with Gasteiger partial charge in [-0.15, -0.1) is 0 Å². The third-order valence-electron chi connectivity index (χ3n) is 4.77. The van der Waals surface area contributed by atoms with Crippen LogP contribution in [0.4, 0.5) is 0 Å². The van der Waals surface area contributed by atoms with E-state index in [4.69, 9.17) is 9.52 Å². The lowest BCUT2D eigenvalue weighted by Gasteiger charge is -2.31. The second kappa shape index (κ2) is 8.19. The van der Waals surface area contributed by atoms with E-state index in [0.29, 0.717) is 31.8 Å². The van der Waals surface area contributed by atoms with E-state index >= 15 is 0 Å². The molecule has 1 fully saturated rings. The first kappa shape index (κ1) is 18.2. The van der Waals surface area contributed by atoms with Crippen molar-refractivity contribution < 1.29 is 19.1 Å². The molecule has 1 aromatic carbocycles. The standard InChI is InChI=1S/C20H24N2O4/c1-2-16-13-21(20(25)18-9-8-17(14-23)26-18)11-10-19(24)22(16)12-15-6-4-3-5-7-15/h3-9,16,23H,2,10-14H2,1H3/t16-/m1/s1. The molecular weight excluding hydrogens is 332 g/mol. The average molecular weight is 356 g/mol. The first-order valence-electron chi connectivity index (χ1n) is 8.94. The van der Waals surface area contributed by atoms with Gasteiger partial charge in [0.2, 0.25) is 5.91 Å². The Labute approximate surface area is 153 Å². The molecule has 0 spiro atoms. The molecule has 1 saturated heterocycles. The van der Waals surface area contributed by atoms with Crippen LogP contribution in [-0.4, -0.2) is 45.9 Å². The summed E-state index contributed by atoms with van der Waals surface area (Å²) in [6.07, 6.45) is 1.06. The number of aliphatic hydroxyl groups excluding tert-OH is 1. The minimum absolute atomic E-state index is 0.0403. The Morgan fingerprint density at radius 2 is 2.00 bits per heavy atom. The van der Waals surface area contributed by atoms with E-state index in [-0.39, 0.29) is 30.2 Å². The highest BCUT2D eigenvalue weighted by Gasteiger charge is 2.31. The fraction of sp³-hybridized carbons (Fsp3) is 0.400. The maximum absolute atomic E-state index is 12.7. The molecule has 0 unspecified atom stereocenters. The van der Waals surface area contributed by atoms with Crippen molar-refractivity contribution in [1.82, 2.24) is 9.80 Å². The second-order valence-electron chi connectivity index (χ2n) is 6.49. The molecular formula is C20H24N2O4. The van der Waals surface area contributed by atoms with Gasteiger partial charge in [0, 0.05) is 32.1 Å². The number of furan rings is 1. The van der Waals surface area contributed by atoms with Crippen LogP contribution in [0.5, 0.6) is 0 Å². The molecule has 6 heteroatoms. The highest BCUT2D eigenvalue weighted by atomic mass is 16.4. The molecule has 26 heavy (non-hydrogen) atoms. The lowest BCUT2D eigenvalue weighted by atomic mass is 10.1. The Bertz CT molecular complexity index is 756. The van der Waals surface area contributed by atoms with Gasteiger partial charge < -0.3 is 19.3 Å². The zero-order valence-electron chi connectivity index (χ0n) is 14.9. The summed E-state index contributed by atoms with van der Waals surface area (Å²) >= 11 is 0. The average Bonchev–Trinajstić information content (AvgIpc) is 3.10. The molecule has 0 radical (unpaired) electrons. The van der Waals surface area contributed by atoms with Gasteiger partial charge >= 0.3 is 0 Å². The first-order valence-corrected chi connectivity index (χ1v) is 8.94. The minimum Gasteiger partial charge on any atom is -0.453 e. The predicted octanol–water partition coefficient (Wildman–Crippen LogP) is 2.43. The zero-order valence-corrected chi connectivity index (χ0v) is 14.9. The van der Waals surface area contributed by atoms with Crippen LogP contribution in [0.1, 0.15) is 41.6 Å². The van der Waals surface area contributed by atoms with Gasteiger partial charge in [-0.05, 0) is 24.1 Å². The van der Waals surface area contributed by atoms with Crippen molar-refractivity contribution in [3.05, 3.63) is 59.5 Å². The summed E-state index contributed by atoms with van der Waals surface area (Å²) in [7, 11) is 0. The Morgan fingerprint density at radius 3 is 2.65 bits per heavy atom. The Kier molecular flexibility index (Phi) is 5.73. The van der Waals surface area contributed by atoms with E-state index in [1.807, 2.05) is 42.2 Å². The molecule has 6 nitrogen and oxygen atoms in total. The quantitative estimate of drug-likeness (QED) is 0.893. The Balaban J connectivity index is 1.76. The number of benzene rings is 1. The van der Waals surface area contributed by atoms with Crippen LogP contribution in [0.2, 0.25) is 0 Å². The van der Waals surface area contributed by atoms with Crippen molar-refractivity contribution in [3.63, 3.8) is 0 Å². The van der Waals surface area contributed by atoms with Gasteiger partial charge in [-0.3, -0.25) is 9.59 Å². The van der Waals surface area contributed by atoms with E-state index in [9.17, 15) is 9.59 Å². The summed E-state index contributed by atoms with van der Waals surface area (Å²) in [4.78, 5) is 29.0. The van der Waals surface area contributed by atoms with Crippen molar-refractivity contribution >= 4 is 11.8 Å². The van der Waals surface area contributed by atoms with Crippen LogP contribution in [0.25, 0.3) is 0 Å². The van der Waals surface area contributed by atoms with Crippen molar-refractivity contribution in [2.75, 3.05) is 13.1 Å². The molecule has 3 rings (SSSR count). The third kappa shape index (κ3) is 3.96. The van der Waals surface area contributed by atoms with Crippen LogP contribution >= 0.6 is 0 Å². The highest BCUT2D eigenvalue weighted by Crippen LogP contribution is 2.20. The summed E-state index contributed by atoms with van der Waals surface area (Å²) in [6, 6.07) is 13.0. The molecule has 2 aromatic rings. The van der Waals surface area contributed by atoms with E-state index in [2.05, 4.69) is 0 Å². The van der Waals surface area contributed by atoms with Gasteiger partial charge in [0.1, 0.15) is 12.4 Å². The topological polar surface area (TPSA) is 74.0 Å². The fourth-order valence-corrected chi connectivity index (χ4v) is 3.29. The summed E-state index contributed by atoms with van der Waals surface area (Å²) in [5, 5.41) is 9.11. The molecule has 1 atom stereocenters. The molecule has 2 amide bonds. The largest absolute Gasteiger partial charge is 0.453 e. The molecule has 0 bridgehead atoms. The molecule has 2 heterocycles. The van der Waals surface area contributed by atoms with Gasteiger partial charge in [-0.2, -0.15) is 0 Å². The molecule has 1 aliphatic rings. The fourth-order valence-electron chi connectivity index (χ4n) is 3.29. The number of rotatable bonds is 5. The summed E-state index contributed by atoms with van der Waals surface area (Å²) in [6.45, 7) is 3.18. The summed E-state index contributed by atoms with van der Waals surface area (Å²) in [5.41, 5.74) is 1.08. The lowest BCUT2D eigenvalue weighted by molar-refractivity contribution is -0.133. The van der Waals surface area contributed by atoms with Gasteiger partial charge in [0.05, 0.1) is 0 Å². The number of nitrogens with zero attached hydrogens (tertiary/aromatic N) is 2. The van der Waals surface area contributed by atoms with E-state index in [1.54, 1.807) is 17.0 Å². The first-order chi connectivity index (χ1) is 12.6. The van der Waals surface area contributed by atoms with Crippen molar-refractivity contribution in [3.8, 4) is 0 Å². The molecule has 0 aliphatic carbocycles. The number of carbonyl (C=O) groups is 2. The number of hydrogen-bond donors (Lipinski definition) is 1. The summed E-state index contributed by atoms with van der Waals surface area (Å²) < 4.78 is 5.37. The smallest absolute Gasteiger partial charge is 0.289 e. The van der Waals surface area contributed by atoms with Crippen LogP contribution in [-0.2, 0) is 17.9 Å². The SMILES string of the molecule is CC[C@@H]1CN(C(=O)c2ccc(CO)o2)CCC(=O)N1Cc1ccccc1. The van der Waals surface area contributed by atoms with Crippen molar-refractivity contribution in [1.29, 1.82) is 0 Å². The summed E-state index contributed by atoms with van der Waals surface area (Å²) in [5.74, 6) is 0.383. The number of hydrogen-bond acceptors (Lipinski definition) is 4. The molecule has 138 valence electrons. The molecule has 1 aliphatic heterocycles. The maximum Gasteiger partial charge on any atom is 0.289 e. The van der Waals surface area contributed by atoms with Crippen LogP contribution in [0.3, 0.4) is 0 Å². The van der Waals surface area contributed by atoms with E-state index in [0.717, 1.165) is 12.0 Å². The number of aliphatic hydroxyl groups is 1. The normalized spacial score (nSPS) is 18.1. The van der Waals surface area contributed by atoms with E-state index in [1.165, 1.54) is 0 Å². The predicted molar refractivity (Wildman–Crippen MR) is 96.2 cm³/mol. The van der Waals surface area contributed by atoms with E-state index < -0.39 is 0 Å². The zero-order chi connectivity index (χ0) is 18.5. The highest BCUT2D eigenvalue weighted by molar-refractivity contribution is 5.92. The van der Waals surface area contributed by atoms with Gasteiger partial charge in [-0.25, -0.2) is 0 Å². The number of amides is 2. The monoisotopic (exact) mass is 356 g/mol. The van der Waals surface area contributed by atoms with Crippen LogP contribution in [0.15, 0.2) is 46.9 Å². The second-order valence-corrected chi connectivity index (χ2v) is 6.49. The molecule has 0 saturated carbocycles. The Morgan fingerprint density at radius 1 is 1.23 bits per heavy atom. The minimum atomic E-state index is -0.242. The van der Waals surface area contributed by atoms with Crippen molar-refractivity contribution in [2.45, 2.75) is 39.0 Å². The van der Waals surface area contributed by atoms with Crippen molar-refractivity contribution in [2.24, 2.45) is 0 Å². The van der Waals surface area contributed by atoms with Gasteiger partial charge in [0.15, 0.2) is 5.76 Å². The lowest BCUT2D eigenvalue weighted by Crippen LogP contribution is -2.43. The maximum atomic E-state index is 12.7. The molecule has 1 aromatic heterocycles. The van der Waals surface area contributed by atoms with Crippen LogP contribution in [0, 0.1) is 0 Å². The van der Waals surface area contributed by atoms with Gasteiger partial charge in [-0.1, -0.05) is 37.3 Å². The van der Waals surface area contributed by atoms with Crippen LogP contribution < -0.4 is 0 Å². The molecule has 1 N–H and O–H groups in total. The van der Waals surface area contributed by atoms with Gasteiger partial charge in [0.25, 0.3) is 5.91 Å².